The van der Waals surface area contributed by atoms with Crippen molar-refractivity contribution in [3.8, 4) is 5.75 Å². The monoisotopic (exact) mass is 331 g/mol. The van der Waals surface area contributed by atoms with Crippen molar-refractivity contribution >= 4 is 12.6 Å². The van der Waals surface area contributed by atoms with E-state index in [4.69, 9.17) is 14.0 Å². The largest absolute Gasteiger partial charge is 0.494 e. The highest BCUT2D eigenvalue weighted by Crippen LogP contribution is 2.36. The summed E-state index contributed by atoms with van der Waals surface area (Å²) < 4.78 is 18.2. The Morgan fingerprint density at radius 2 is 1.71 bits per heavy atom. The number of ether oxygens (including phenoxy) is 1. The molecule has 0 N–H and O–H groups in total. The maximum Gasteiger partial charge on any atom is 0.494 e. The fourth-order valence-electron chi connectivity index (χ4n) is 3.21. The van der Waals surface area contributed by atoms with Gasteiger partial charge in [-0.2, -0.15) is 0 Å². The molecule has 2 heterocycles. The van der Waals surface area contributed by atoms with Crippen molar-refractivity contribution in [3.63, 3.8) is 0 Å². The van der Waals surface area contributed by atoms with E-state index < -0.39 is 0 Å². The van der Waals surface area contributed by atoms with E-state index in [1.165, 1.54) is 32.4 Å². The van der Waals surface area contributed by atoms with E-state index in [2.05, 4.69) is 32.6 Å². The van der Waals surface area contributed by atoms with Crippen LogP contribution in [0.5, 0.6) is 5.75 Å². The predicted octanol–water partition coefficient (Wildman–Crippen LogP) is 2.85. The lowest BCUT2D eigenvalue weighted by Crippen LogP contribution is -2.41. The van der Waals surface area contributed by atoms with Gasteiger partial charge < -0.3 is 14.0 Å². The Morgan fingerprint density at radius 3 is 2.38 bits per heavy atom. The smallest absolute Gasteiger partial charge is 0.492 e. The Labute approximate surface area is 146 Å². The summed E-state index contributed by atoms with van der Waals surface area (Å²) in [5.41, 5.74) is 0.384. The molecule has 1 aromatic carbocycles. The molecule has 0 aromatic heterocycles. The minimum absolute atomic E-state index is 0.317. The van der Waals surface area contributed by atoms with Crippen molar-refractivity contribution in [1.29, 1.82) is 0 Å². The minimum Gasteiger partial charge on any atom is -0.492 e. The number of likely N-dealkylation sites (tertiary alicyclic amines) is 1. The van der Waals surface area contributed by atoms with Crippen LogP contribution in [0.4, 0.5) is 0 Å². The average molecular weight is 331 g/mol. The Kier molecular flexibility index (Phi) is 5.23. The molecule has 24 heavy (non-hydrogen) atoms. The molecular formula is C19H30BNO3. The van der Waals surface area contributed by atoms with Gasteiger partial charge in [-0.15, -0.1) is 0 Å². The van der Waals surface area contributed by atoms with Crippen LogP contribution in [-0.4, -0.2) is 49.5 Å². The van der Waals surface area contributed by atoms with Gasteiger partial charge in [-0.25, -0.2) is 0 Å². The molecule has 0 atom stereocenters. The molecule has 2 saturated heterocycles. The summed E-state index contributed by atoms with van der Waals surface area (Å²) in [6.45, 7) is 12.4. The van der Waals surface area contributed by atoms with Gasteiger partial charge in [-0.05, 0) is 71.2 Å². The van der Waals surface area contributed by atoms with Gasteiger partial charge in [-0.3, -0.25) is 4.90 Å². The second-order valence-corrected chi connectivity index (χ2v) is 7.91. The molecule has 0 bridgehead atoms. The van der Waals surface area contributed by atoms with Crippen molar-refractivity contribution in [2.75, 3.05) is 26.2 Å². The number of hydrogen-bond donors (Lipinski definition) is 0. The molecule has 3 rings (SSSR count). The van der Waals surface area contributed by atoms with Crippen LogP contribution in [0.25, 0.3) is 0 Å². The molecule has 0 unspecified atom stereocenters. The summed E-state index contributed by atoms with van der Waals surface area (Å²) in [7, 11) is -0.333. The summed E-state index contributed by atoms with van der Waals surface area (Å²) in [6.07, 6.45) is 4.00. The first kappa shape index (κ1) is 17.8. The molecule has 0 saturated carbocycles. The second kappa shape index (κ2) is 7.07. The molecule has 5 heteroatoms. The Hall–Kier alpha value is -1.04. The fraction of sp³-hybridized carbons (Fsp3) is 0.684. The van der Waals surface area contributed by atoms with Crippen molar-refractivity contribution in [2.24, 2.45) is 0 Å². The third-order valence-corrected chi connectivity index (χ3v) is 5.51. The first-order valence-corrected chi connectivity index (χ1v) is 9.18. The van der Waals surface area contributed by atoms with E-state index in [1.807, 2.05) is 24.3 Å². The molecule has 0 amide bonds. The van der Waals surface area contributed by atoms with Crippen LogP contribution in [0.15, 0.2) is 24.3 Å². The maximum absolute atomic E-state index is 6.12. The minimum atomic E-state index is -0.333. The normalized spacial score (nSPS) is 23.4. The second-order valence-electron chi connectivity index (χ2n) is 7.91. The molecular weight excluding hydrogens is 301 g/mol. The topological polar surface area (TPSA) is 30.9 Å². The summed E-state index contributed by atoms with van der Waals surface area (Å²) in [4.78, 5) is 2.49. The fourth-order valence-corrected chi connectivity index (χ4v) is 3.21. The average Bonchev–Trinajstić information content (AvgIpc) is 2.77. The van der Waals surface area contributed by atoms with Gasteiger partial charge in [0.15, 0.2) is 0 Å². The van der Waals surface area contributed by atoms with E-state index in [1.54, 1.807) is 0 Å². The van der Waals surface area contributed by atoms with Gasteiger partial charge in [0.05, 0.1) is 11.2 Å². The SMILES string of the molecule is CC1(C)OB(c2cccc(OCCN3CCCCC3)c2)OC1(C)C. The lowest BCUT2D eigenvalue weighted by atomic mass is 9.79. The van der Waals surface area contributed by atoms with E-state index in [0.717, 1.165) is 24.4 Å². The van der Waals surface area contributed by atoms with Crippen molar-refractivity contribution in [1.82, 2.24) is 4.90 Å². The molecule has 2 fully saturated rings. The van der Waals surface area contributed by atoms with Crippen molar-refractivity contribution in [2.45, 2.75) is 58.2 Å². The lowest BCUT2D eigenvalue weighted by Gasteiger charge is -2.32. The van der Waals surface area contributed by atoms with Gasteiger partial charge in [0.25, 0.3) is 0 Å². The van der Waals surface area contributed by atoms with Crippen molar-refractivity contribution in [3.05, 3.63) is 24.3 Å². The molecule has 1 aromatic rings. The zero-order valence-corrected chi connectivity index (χ0v) is 15.5. The molecule has 0 aliphatic carbocycles. The van der Waals surface area contributed by atoms with E-state index in [-0.39, 0.29) is 18.3 Å². The zero-order chi connectivity index (χ0) is 17.2. The predicted molar refractivity (Wildman–Crippen MR) is 97.9 cm³/mol. The zero-order valence-electron chi connectivity index (χ0n) is 15.5. The van der Waals surface area contributed by atoms with Crippen LogP contribution >= 0.6 is 0 Å². The number of rotatable bonds is 5. The summed E-state index contributed by atoms with van der Waals surface area (Å²) in [6, 6.07) is 8.10. The Morgan fingerprint density at radius 1 is 1.04 bits per heavy atom. The highest BCUT2D eigenvalue weighted by molar-refractivity contribution is 6.62. The molecule has 0 spiro atoms. The van der Waals surface area contributed by atoms with E-state index in [9.17, 15) is 0 Å². The van der Waals surface area contributed by atoms with Crippen LogP contribution in [-0.2, 0) is 9.31 Å². The first-order chi connectivity index (χ1) is 11.4. The standard InChI is InChI=1S/C19H30BNO3/c1-18(2)19(3,4)24-20(23-18)16-9-8-10-17(15-16)22-14-13-21-11-6-5-7-12-21/h8-10,15H,5-7,11-14H2,1-4H3. The van der Waals surface area contributed by atoms with Crippen LogP contribution in [0, 0.1) is 0 Å². The van der Waals surface area contributed by atoms with Gasteiger partial charge >= 0.3 is 7.12 Å². The summed E-state index contributed by atoms with van der Waals surface area (Å²) in [5, 5.41) is 0. The highest BCUT2D eigenvalue weighted by atomic mass is 16.7. The Balaban J connectivity index is 1.56. The number of nitrogens with zero attached hydrogens (tertiary/aromatic N) is 1. The summed E-state index contributed by atoms with van der Waals surface area (Å²) >= 11 is 0. The lowest BCUT2D eigenvalue weighted by molar-refractivity contribution is 0.00578. The number of benzene rings is 1. The quantitative estimate of drug-likeness (QED) is 0.777. The third-order valence-electron chi connectivity index (χ3n) is 5.51. The van der Waals surface area contributed by atoms with Gasteiger partial charge in [0.1, 0.15) is 12.4 Å². The first-order valence-electron chi connectivity index (χ1n) is 9.18. The number of hydrogen-bond acceptors (Lipinski definition) is 4. The van der Waals surface area contributed by atoms with Gasteiger partial charge in [0.2, 0.25) is 0 Å². The maximum atomic E-state index is 6.12. The number of piperidine rings is 1. The van der Waals surface area contributed by atoms with E-state index >= 15 is 0 Å². The molecule has 132 valence electrons. The third kappa shape index (κ3) is 3.96. The van der Waals surface area contributed by atoms with Crippen LogP contribution in [0.2, 0.25) is 0 Å². The molecule has 0 radical (unpaired) electrons. The van der Waals surface area contributed by atoms with Crippen LogP contribution < -0.4 is 10.2 Å². The molecule has 2 aliphatic heterocycles. The molecule has 2 aliphatic rings. The van der Waals surface area contributed by atoms with Gasteiger partial charge in [-0.1, -0.05) is 18.6 Å². The van der Waals surface area contributed by atoms with Crippen molar-refractivity contribution < 1.29 is 14.0 Å². The summed E-state index contributed by atoms with van der Waals surface area (Å²) in [5.74, 6) is 0.888. The van der Waals surface area contributed by atoms with E-state index in [0.29, 0.717) is 0 Å². The van der Waals surface area contributed by atoms with Crippen LogP contribution in [0.3, 0.4) is 0 Å². The highest BCUT2D eigenvalue weighted by Gasteiger charge is 2.51. The van der Waals surface area contributed by atoms with Crippen LogP contribution in [0.1, 0.15) is 47.0 Å². The molecule has 4 nitrogen and oxygen atoms in total. The van der Waals surface area contributed by atoms with Gasteiger partial charge in [0, 0.05) is 6.54 Å². The Bertz CT molecular complexity index is 539.